The zero-order chi connectivity index (χ0) is 19.9. The van der Waals surface area contributed by atoms with Crippen LogP contribution in [0.25, 0.3) is 0 Å². The Morgan fingerprint density at radius 1 is 0.862 bits per heavy atom. The Kier molecular flexibility index (Phi) is 6.57. The smallest absolute Gasteiger partial charge is 0.223 e. The van der Waals surface area contributed by atoms with Gasteiger partial charge in [-0.25, -0.2) is 9.98 Å². The van der Waals surface area contributed by atoms with Crippen molar-refractivity contribution < 1.29 is 4.74 Å². The first-order valence-electron chi connectivity index (χ1n) is 10.6. The van der Waals surface area contributed by atoms with Gasteiger partial charge >= 0.3 is 0 Å². The lowest BCUT2D eigenvalue weighted by Crippen LogP contribution is -2.42. The molecule has 0 saturated carbocycles. The second-order valence-corrected chi connectivity index (χ2v) is 7.66. The van der Waals surface area contributed by atoms with E-state index in [9.17, 15) is 0 Å². The fourth-order valence-corrected chi connectivity index (χ4v) is 3.88. The molecule has 0 bridgehead atoms. The minimum absolute atomic E-state index is 0.0755. The van der Waals surface area contributed by atoms with Gasteiger partial charge in [0.25, 0.3) is 0 Å². The van der Waals surface area contributed by atoms with E-state index in [-0.39, 0.29) is 6.04 Å². The van der Waals surface area contributed by atoms with E-state index in [1.165, 1.54) is 24.0 Å². The highest BCUT2D eigenvalue weighted by Gasteiger charge is 2.21. The summed E-state index contributed by atoms with van der Waals surface area (Å²) in [5.41, 5.74) is 2.36. The number of aliphatic imine (C=N–C) groups is 2. The lowest BCUT2D eigenvalue weighted by Gasteiger charge is -2.31. The van der Waals surface area contributed by atoms with E-state index in [2.05, 4.69) is 77.5 Å². The van der Waals surface area contributed by atoms with Gasteiger partial charge in [0, 0.05) is 33.1 Å². The average molecular weight is 391 g/mol. The number of benzene rings is 2. The van der Waals surface area contributed by atoms with Gasteiger partial charge in [0.05, 0.1) is 13.2 Å². The van der Waals surface area contributed by atoms with Gasteiger partial charge in [-0.1, -0.05) is 60.7 Å². The van der Waals surface area contributed by atoms with Crippen LogP contribution in [0.15, 0.2) is 70.6 Å². The fraction of sp³-hybridized carbons (Fsp3) is 0.417. The second kappa shape index (κ2) is 9.70. The van der Waals surface area contributed by atoms with E-state index >= 15 is 0 Å². The maximum Gasteiger partial charge on any atom is 0.223 e. The molecule has 0 aromatic heterocycles. The number of likely N-dealkylation sites (tertiary alicyclic amines) is 1. The highest BCUT2D eigenvalue weighted by molar-refractivity contribution is 5.96. The quantitative estimate of drug-likeness (QED) is 0.588. The number of ether oxygens (including phenoxy) is 1. The maximum atomic E-state index is 5.58. The van der Waals surface area contributed by atoms with Gasteiger partial charge in [-0.2, -0.15) is 0 Å². The number of nitrogens with zero attached hydrogens (tertiary/aromatic N) is 4. The number of hydrogen-bond acceptors (Lipinski definition) is 2. The minimum Gasteiger partial charge on any atom is -0.378 e. The third-order valence-electron chi connectivity index (χ3n) is 5.58. The van der Waals surface area contributed by atoms with Gasteiger partial charge in [0.15, 0.2) is 0 Å². The van der Waals surface area contributed by atoms with Crippen molar-refractivity contribution in [2.75, 3.05) is 39.9 Å². The average Bonchev–Trinajstić information content (AvgIpc) is 2.79. The zero-order valence-corrected chi connectivity index (χ0v) is 17.2. The maximum absolute atomic E-state index is 5.58. The molecule has 4 rings (SSSR count). The van der Waals surface area contributed by atoms with E-state index < -0.39 is 0 Å². The summed E-state index contributed by atoms with van der Waals surface area (Å²) in [6.07, 6.45) is 3.44. The van der Waals surface area contributed by atoms with Crippen molar-refractivity contribution >= 4 is 11.8 Å². The summed E-state index contributed by atoms with van der Waals surface area (Å²) >= 11 is 0. The van der Waals surface area contributed by atoms with Crippen molar-refractivity contribution in [2.45, 2.75) is 25.3 Å². The summed E-state index contributed by atoms with van der Waals surface area (Å²) in [6, 6.07) is 20.9. The van der Waals surface area contributed by atoms with Crippen LogP contribution in [0.5, 0.6) is 0 Å². The van der Waals surface area contributed by atoms with Gasteiger partial charge in [-0.05, 0) is 24.0 Å². The van der Waals surface area contributed by atoms with Crippen molar-refractivity contribution in [2.24, 2.45) is 9.98 Å². The van der Waals surface area contributed by atoms with Crippen molar-refractivity contribution in [1.29, 1.82) is 0 Å². The molecule has 2 heterocycles. The Labute approximate surface area is 173 Å². The van der Waals surface area contributed by atoms with Crippen LogP contribution < -0.4 is 0 Å². The van der Waals surface area contributed by atoms with Crippen LogP contribution >= 0.6 is 0 Å². The molecule has 152 valence electrons. The molecular weight excluding hydrogens is 360 g/mol. The van der Waals surface area contributed by atoms with Crippen LogP contribution in [0.3, 0.4) is 0 Å². The molecule has 0 aliphatic carbocycles. The third-order valence-corrected chi connectivity index (χ3v) is 5.58. The van der Waals surface area contributed by atoms with Crippen LogP contribution in [0, 0.1) is 0 Å². The third kappa shape index (κ3) is 5.04. The molecule has 2 saturated heterocycles. The van der Waals surface area contributed by atoms with E-state index in [0.717, 1.165) is 51.1 Å². The molecule has 0 radical (unpaired) electrons. The van der Waals surface area contributed by atoms with Crippen LogP contribution in [-0.4, -0.2) is 61.5 Å². The predicted octanol–water partition coefficient (Wildman–Crippen LogP) is 3.98. The van der Waals surface area contributed by atoms with Crippen LogP contribution in [0.2, 0.25) is 0 Å². The van der Waals surface area contributed by atoms with E-state index in [1.807, 2.05) is 0 Å². The predicted molar refractivity (Wildman–Crippen MR) is 118 cm³/mol. The standard InChI is InChI=1S/C24H30N4O/c1-27-15-9-8-14-22(27)25-24(28-16-18-29-19-17-28)26-23(20-10-4-2-5-11-20)21-12-6-3-7-13-21/h2-7,10-13,23H,8-9,14-19H2,1H3. The fourth-order valence-electron chi connectivity index (χ4n) is 3.88. The number of rotatable bonds is 3. The molecule has 0 amide bonds. The summed E-state index contributed by atoms with van der Waals surface area (Å²) < 4.78 is 5.58. The molecule has 2 aromatic carbocycles. The zero-order valence-electron chi connectivity index (χ0n) is 17.2. The van der Waals surface area contributed by atoms with Crippen molar-refractivity contribution in [3.63, 3.8) is 0 Å². The van der Waals surface area contributed by atoms with Gasteiger partial charge in [0.2, 0.25) is 5.96 Å². The number of amidine groups is 1. The Hall–Kier alpha value is -2.66. The first kappa shape index (κ1) is 19.6. The van der Waals surface area contributed by atoms with Crippen LogP contribution in [0.4, 0.5) is 0 Å². The summed E-state index contributed by atoms with van der Waals surface area (Å²) in [5.74, 6) is 1.97. The number of morpholine rings is 1. The SMILES string of the molecule is CN1CCCCC1=NC(=NC(c1ccccc1)c1ccccc1)N1CCOCC1. The van der Waals surface area contributed by atoms with Gasteiger partial charge in [-0.15, -0.1) is 0 Å². The second-order valence-electron chi connectivity index (χ2n) is 7.66. The molecule has 5 heteroatoms. The van der Waals surface area contributed by atoms with Gasteiger partial charge < -0.3 is 14.5 Å². The molecule has 0 unspecified atom stereocenters. The van der Waals surface area contributed by atoms with E-state index in [4.69, 9.17) is 14.7 Å². The van der Waals surface area contributed by atoms with Crippen LogP contribution in [0.1, 0.15) is 36.4 Å². The lowest BCUT2D eigenvalue weighted by molar-refractivity contribution is 0.0673. The van der Waals surface area contributed by atoms with E-state index in [1.54, 1.807) is 0 Å². The normalized spacial score (nSPS) is 19.8. The Bertz CT molecular complexity index is 789. The molecule has 2 aliphatic heterocycles. The summed E-state index contributed by atoms with van der Waals surface area (Å²) in [5, 5.41) is 0. The molecule has 0 atom stereocenters. The minimum atomic E-state index is -0.0755. The number of piperidine rings is 1. The summed E-state index contributed by atoms with van der Waals surface area (Å²) in [6.45, 7) is 4.17. The molecular formula is C24H30N4O. The first-order valence-corrected chi connectivity index (χ1v) is 10.6. The molecule has 0 N–H and O–H groups in total. The van der Waals surface area contributed by atoms with E-state index in [0.29, 0.717) is 0 Å². The molecule has 29 heavy (non-hydrogen) atoms. The van der Waals surface area contributed by atoms with Crippen molar-refractivity contribution in [3.8, 4) is 0 Å². The molecule has 2 aromatic rings. The first-order chi connectivity index (χ1) is 14.3. The Balaban J connectivity index is 1.76. The topological polar surface area (TPSA) is 40.4 Å². The van der Waals surface area contributed by atoms with Crippen molar-refractivity contribution in [3.05, 3.63) is 71.8 Å². The molecule has 2 fully saturated rings. The number of hydrogen-bond donors (Lipinski definition) is 0. The molecule has 5 nitrogen and oxygen atoms in total. The Morgan fingerprint density at radius 3 is 2.07 bits per heavy atom. The highest BCUT2D eigenvalue weighted by Crippen LogP contribution is 2.27. The largest absolute Gasteiger partial charge is 0.378 e. The molecule has 0 spiro atoms. The molecule has 2 aliphatic rings. The highest BCUT2D eigenvalue weighted by atomic mass is 16.5. The van der Waals surface area contributed by atoms with Gasteiger partial charge in [0.1, 0.15) is 11.9 Å². The Morgan fingerprint density at radius 2 is 1.48 bits per heavy atom. The van der Waals surface area contributed by atoms with Gasteiger partial charge in [-0.3, -0.25) is 0 Å². The monoisotopic (exact) mass is 390 g/mol. The number of guanidine groups is 1. The lowest BCUT2D eigenvalue weighted by atomic mass is 9.99. The summed E-state index contributed by atoms with van der Waals surface area (Å²) in [7, 11) is 2.14. The van der Waals surface area contributed by atoms with Crippen LogP contribution in [-0.2, 0) is 4.74 Å². The van der Waals surface area contributed by atoms with Crippen molar-refractivity contribution in [1.82, 2.24) is 9.80 Å². The summed E-state index contributed by atoms with van der Waals surface area (Å²) in [4.78, 5) is 14.9.